The molecular formula is C16H21N. The van der Waals surface area contributed by atoms with Gasteiger partial charge in [0.1, 0.15) is 0 Å². The van der Waals surface area contributed by atoms with Crippen LogP contribution in [0.1, 0.15) is 31.7 Å². The Morgan fingerprint density at radius 2 is 1.82 bits per heavy atom. The fraction of sp³-hybridized carbons (Fsp3) is 0.375. The zero-order valence-corrected chi connectivity index (χ0v) is 10.5. The molecule has 1 unspecified atom stereocenters. The highest BCUT2D eigenvalue weighted by atomic mass is 14.6. The topological polar surface area (TPSA) is 26.0 Å². The van der Waals surface area contributed by atoms with E-state index in [1.165, 1.54) is 29.2 Å². The standard InChI is InChI=1S/C16H21N/c1-2-3-8-16(17)12-13-9-10-14-6-4-5-7-15(14)11-13/h4-7,9-11,16H,2-3,8,12,17H2,1H3. The lowest BCUT2D eigenvalue weighted by molar-refractivity contribution is 0.574. The summed E-state index contributed by atoms with van der Waals surface area (Å²) >= 11 is 0. The Morgan fingerprint density at radius 3 is 2.59 bits per heavy atom. The summed E-state index contributed by atoms with van der Waals surface area (Å²) < 4.78 is 0. The SMILES string of the molecule is CCCCC(N)Cc1ccc2ccccc2c1. The van der Waals surface area contributed by atoms with E-state index >= 15 is 0 Å². The summed E-state index contributed by atoms with van der Waals surface area (Å²) in [6, 6.07) is 15.4. The molecule has 0 aliphatic rings. The molecule has 0 aliphatic heterocycles. The molecule has 2 aromatic rings. The van der Waals surface area contributed by atoms with Crippen LogP contribution in [0.3, 0.4) is 0 Å². The Bertz CT molecular complexity index is 476. The zero-order valence-electron chi connectivity index (χ0n) is 10.5. The highest BCUT2D eigenvalue weighted by Gasteiger charge is 2.04. The molecule has 1 atom stereocenters. The van der Waals surface area contributed by atoms with Gasteiger partial charge in [-0.15, -0.1) is 0 Å². The minimum absolute atomic E-state index is 0.302. The van der Waals surface area contributed by atoms with Crippen molar-refractivity contribution in [2.24, 2.45) is 5.73 Å². The normalized spacial score (nSPS) is 12.8. The predicted molar refractivity (Wildman–Crippen MR) is 75.2 cm³/mol. The number of benzene rings is 2. The van der Waals surface area contributed by atoms with E-state index < -0.39 is 0 Å². The third kappa shape index (κ3) is 3.31. The summed E-state index contributed by atoms with van der Waals surface area (Å²) in [5.74, 6) is 0. The van der Waals surface area contributed by atoms with Gasteiger partial charge in [0, 0.05) is 6.04 Å². The first-order valence-electron chi connectivity index (χ1n) is 6.53. The number of unbranched alkanes of at least 4 members (excludes halogenated alkanes) is 1. The van der Waals surface area contributed by atoms with Crippen molar-refractivity contribution >= 4 is 10.8 Å². The molecule has 2 rings (SSSR count). The minimum Gasteiger partial charge on any atom is -0.327 e. The van der Waals surface area contributed by atoms with Crippen molar-refractivity contribution in [3.05, 3.63) is 48.0 Å². The zero-order chi connectivity index (χ0) is 12.1. The molecule has 0 aromatic heterocycles. The van der Waals surface area contributed by atoms with Crippen LogP contribution in [0.5, 0.6) is 0 Å². The van der Waals surface area contributed by atoms with E-state index in [0.717, 1.165) is 12.8 Å². The van der Waals surface area contributed by atoms with Gasteiger partial charge in [-0.05, 0) is 29.2 Å². The van der Waals surface area contributed by atoms with Crippen molar-refractivity contribution < 1.29 is 0 Å². The highest BCUT2D eigenvalue weighted by Crippen LogP contribution is 2.17. The first kappa shape index (κ1) is 12.1. The van der Waals surface area contributed by atoms with Crippen molar-refractivity contribution in [2.45, 2.75) is 38.6 Å². The Balaban J connectivity index is 2.08. The van der Waals surface area contributed by atoms with E-state index in [-0.39, 0.29) is 0 Å². The maximum Gasteiger partial charge on any atom is 0.00793 e. The van der Waals surface area contributed by atoms with Gasteiger partial charge in [0.05, 0.1) is 0 Å². The van der Waals surface area contributed by atoms with Gasteiger partial charge in [-0.25, -0.2) is 0 Å². The fourth-order valence-corrected chi connectivity index (χ4v) is 2.24. The van der Waals surface area contributed by atoms with E-state index in [0.29, 0.717) is 6.04 Å². The van der Waals surface area contributed by atoms with Crippen LogP contribution in [0.2, 0.25) is 0 Å². The molecule has 0 bridgehead atoms. The number of hydrogen-bond acceptors (Lipinski definition) is 1. The Kier molecular flexibility index (Phi) is 4.16. The highest BCUT2D eigenvalue weighted by molar-refractivity contribution is 5.82. The van der Waals surface area contributed by atoms with Crippen LogP contribution in [0.15, 0.2) is 42.5 Å². The van der Waals surface area contributed by atoms with Crippen LogP contribution in [0.25, 0.3) is 10.8 Å². The number of hydrogen-bond donors (Lipinski definition) is 1. The Hall–Kier alpha value is -1.34. The van der Waals surface area contributed by atoms with Gasteiger partial charge < -0.3 is 5.73 Å². The van der Waals surface area contributed by atoms with Crippen LogP contribution in [-0.4, -0.2) is 6.04 Å². The van der Waals surface area contributed by atoms with Crippen LogP contribution >= 0.6 is 0 Å². The van der Waals surface area contributed by atoms with Gasteiger partial charge in [0.2, 0.25) is 0 Å². The van der Waals surface area contributed by atoms with Crippen molar-refractivity contribution in [2.75, 3.05) is 0 Å². The van der Waals surface area contributed by atoms with Crippen LogP contribution in [0, 0.1) is 0 Å². The summed E-state index contributed by atoms with van der Waals surface area (Å²) in [5, 5.41) is 2.62. The van der Waals surface area contributed by atoms with Gasteiger partial charge in [-0.3, -0.25) is 0 Å². The average Bonchev–Trinajstić information content (AvgIpc) is 2.36. The van der Waals surface area contributed by atoms with E-state index in [2.05, 4.69) is 49.4 Å². The molecule has 0 saturated heterocycles. The van der Waals surface area contributed by atoms with Crippen LogP contribution < -0.4 is 5.73 Å². The predicted octanol–water partition coefficient (Wildman–Crippen LogP) is 3.90. The largest absolute Gasteiger partial charge is 0.327 e. The maximum absolute atomic E-state index is 6.14. The van der Waals surface area contributed by atoms with E-state index in [1.807, 2.05) is 0 Å². The average molecular weight is 227 g/mol. The molecule has 1 heteroatoms. The first-order valence-corrected chi connectivity index (χ1v) is 6.53. The summed E-state index contributed by atoms with van der Waals surface area (Å²) in [7, 11) is 0. The molecular weight excluding hydrogens is 206 g/mol. The molecule has 2 aromatic carbocycles. The van der Waals surface area contributed by atoms with E-state index in [1.54, 1.807) is 0 Å². The van der Waals surface area contributed by atoms with Crippen molar-refractivity contribution in [3.63, 3.8) is 0 Å². The summed E-state index contributed by atoms with van der Waals surface area (Å²) in [6.07, 6.45) is 4.58. The third-order valence-corrected chi connectivity index (χ3v) is 3.24. The van der Waals surface area contributed by atoms with Gasteiger partial charge in [-0.1, -0.05) is 62.2 Å². The number of rotatable bonds is 5. The second-order valence-corrected chi connectivity index (χ2v) is 4.79. The molecule has 0 aliphatic carbocycles. The molecule has 0 spiro atoms. The molecule has 0 amide bonds. The fourth-order valence-electron chi connectivity index (χ4n) is 2.24. The summed E-state index contributed by atoms with van der Waals surface area (Å²) in [4.78, 5) is 0. The third-order valence-electron chi connectivity index (χ3n) is 3.24. The first-order chi connectivity index (χ1) is 8.29. The molecule has 90 valence electrons. The monoisotopic (exact) mass is 227 g/mol. The molecule has 1 nitrogen and oxygen atoms in total. The lowest BCUT2D eigenvalue weighted by Crippen LogP contribution is -2.22. The van der Waals surface area contributed by atoms with Crippen LogP contribution in [-0.2, 0) is 6.42 Å². The summed E-state index contributed by atoms with van der Waals surface area (Å²) in [5.41, 5.74) is 7.49. The minimum atomic E-state index is 0.302. The second kappa shape index (κ2) is 5.83. The molecule has 2 N–H and O–H groups in total. The van der Waals surface area contributed by atoms with E-state index in [9.17, 15) is 0 Å². The maximum atomic E-state index is 6.14. The van der Waals surface area contributed by atoms with Gasteiger partial charge in [0.25, 0.3) is 0 Å². The molecule has 0 heterocycles. The van der Waals surface area contributed by atoms with Crippen LogP contribution in [0.4, 0.5) is 0 Å². The second-order valence-electron chi connectivity index (χ2n) is 4.79. The van der Waals surface area contributed by atoms with Crippen molar-refractivity contribution in [3.8, 4) is 0 Å². The molecule has 0 fully saturated rings. The number of nitrogens with two attached hydrogens (primary N) is 1. The molecule has 17 heavy (non-hydrogen) atoms. The smallest absolute Gasteiger partial charge is 0.00793 e. The summed E-state index contributed by atoms with van der Waals surface area (Å²) in [6.45, 7) is 2.21. The van der Waals surface area contributed by atoms with Crippen molar-refractivity contribution in [1.29, 1.82) is 0 Å². The van der Waals surface area contributed by atoms with Gasteiger partial charge in [0.15, 0.2) is 0 Å². The quantitative estimate of drug-likeness (QED) is 0.823. The van der Waals surface area contributed by atoms with Crippen molar-refractivity contribution in [1.82, 2.24) is 0 Å². The number of fused-ring (bicyclic) bond motifs is 1. The van der Waals surface area contributed by atoms with Gasteiger partial charge >= 0.3 is 0 Å². The lowest BCUT2D eigenvalue weighted by atomic mass is 9.99. The van der Waals surface area contributed by atoms with E-state index in [4.69, 9.17) is 5.73 Å². The lowest BCUT2D eigenvalue weighted by Gasteiger charge is -2.11. The Morgan fingerprint density at radius 1 is 1.06 bits per heavy atom. The Labute approximate surface area is 104 Å². The molecule has 0 saturated carbocycles. The molecule has 0 radical (unpaired) electrons. The van der Waals surface area contributed by atoms with Gasteiger partial charge in [-0.2, -0.15) is 0 Å².